The number of alkyl carbamates (subject to hydrolysis) is 1. The molecule has 2 atom stereocenters. The van der Waals surface area contributed by atoms with Crippen LogP contribution in [0.3, 0.4) is 0 Å². The van der Waals surface area contributed by atoms with Gasteiger partial charge in [0, 0.05) is 24.0 Å². The number of carbonyl (C=O) groups is 1. The number of nitrogens with zero attached hydrogens (tertiary/aromatic N) is 1. The van der Waals surface area contributed by atoms with E-state index < -0.39 is 5.60 Å². The minimum Gasteiger partial charge on any atom is -0.444 e. The normalized spacial score (nSPS) is 22.8. The van der Waals surface area contributed by atoms with Gasteiger partial charge in [-0.3, -0.25) is 0 Å². The third-order valence-corrected chi connectivity index (χ3v) is 4.09. The minimum atomic E-state index is -0.443. The first kappa shape index (κ1) is 16.2. The Balaban J connectivity index is 1.74. The number of thiazole rings is 1. The van der Waals surface area contributed by atoms with Crippen LogP contribution >= 0.6 is 11.3 Å². The second kappa shape index (κ2) is 7.22. The van der Waals surface area contributed by atoms with Crippen LogP contribution in [0.1, 0.15) is 52.1 Å². The highest BCUT2D eigenvalue weighted by molar-refractivity contribution is 7.07. The van der Waals surface area contributed by atoms with Gasteiger partial charge in [0.2, 0.25) is 0 Å². The average molecular weight is 311 g/mol. The maximum Gasteiger partial charge on any atom is 0.407 e. The van der Waals surface area contributed by atoms with E-state index in [9.17, 15) is 4.79 Å². The number of rotatable bonds is 4. The molecular weight excluding hydrogens is 286 g/mol. The van der Waals surface area contributed by atoms with Crippen molar-refractivity contribution < 1.29 is 9.53 Å². The van der Waals surface area contributed by atoms with Gasteiger partial charge in [-0.2, -0.15) is 0 Å². The van der Waals surface area contributed by atoms with Crippen molar-refractivity contribution in [3.05, 3.63) is 16.6 Å². The van der Waals surface area contributed by atoms with E-state index in [0.29, 0.717) is 6.04 Å². The summed E-state index contributed by atoms with van der Waals surface area (Å²) in [6.07, 6.45) is 3.93. The zero-order valence-electron chi connectivity index (χ0n) is 13.0. The standard InChI is InChI=1S/C15H25N3O2S/c1-15(2,3)20-14(19)18-12-6-4-5-11(7-12)16-8-13-9-21-10-17-13/h9-12,16H,4-8H2,1-3H3,(H,18,19). The number of nitrogens with one attached hydrogen (secondary N) is 2. The van der Waals surface area contributed by atoms with Crippen LogP contribution in [-0.2, 0) is 11.3 Å². The Hall–Kier alpha value is -1.14. The summed E-state index contributed by atoms with van der Waals surface area (Å²) in [5.41, 5.74) is 2.49. The van der Waals surface area contributed by atoms with Crippen LogP contribution < -0.4 is 10.6 Å². The van der Waals surface area contributed by atoms with Gasteiger partial charge in [0.25, 0.3) is 0 Å². The maximum atomic E-state index is 11.8. The fourth-order valence-electron chi connectivity index (χ4n) is 2.55. The van der Waals surface area contributed by atoms with E-state index in [0.717, 1.165) is 37.9 Å². The molecule has 1 aromatic heterocycles. The molecule has 1 heterocycles. The van der Waals surface area contributed by atoms with Crippen molar-refractivity contribution >= 4 is 17.4 Å². The lowest BCUT2D eigenvalue weighted by molar-refractivity contribution is 0.0488. The van der Waals surface area contributed by atoms with Crippen LogP contribution in [0.15, 0.2) is 10.9 Å². The molecule has 1 aliphatic rings. The molecule has 1 fully saturated rings. The highest BCUT2D eigenvalue weighted by Crippen LogP contribution is 2.19. The summed E-state index contributed by atoms with van der Waals surface area (Å²) in [5, 5.41) is 8.57. The molecule has 0 saturated heterocycles. The van der Waals surface area contributed by atoms with Gasteiger partial charge in [-0.1, -0.05) is 0 Å². The summed E-state index contributed by atoms with van der Waals surface area (Å²) in [4.78, 5) is 16.1. The van der Waals surface area contributed by atoms with E-state index in [1.54, 1.807) is 11.3 Å². The highest BCUT2D eigenvalue weighted by Gasteiger charge is 2.25. The molecule has 5 nitrogen and oxygen atoms in total. The van der Waals surface area contributed by atoms with E-state index in [4.69, 9.17) is 4.74 Å². The van der Waals surface area contributed by atoms with E-state index in [2.05, 4.69) is 21.0 Å². The molecule has 0 aliphatic heterocycles. The smallest absolute Gasteiger partial charge is 0.407 e. The van der Waals surface area contributed by atoms with Crippen LogP contribution in [-0.4, -0.2) is 28.8 Å². The number of hydrogen-bond acceptors (Lipinski definition) is 5. The van der Waals surface area contributed by atoms with Crippen LogP contribution in [0.25, 0.3) is 0 Å². The van der Waals surface area contributed by atoms with Gasteiger partial charge in [-0.05, 0) is 46.5 Å². The predicted octanol–water partition coefficient (Wildman–Crippen LogP) is 3.07. The van der Waals surface area contributed by atoms with Gasteiger partial charge in [-0.15, -0.1) is 11.3 Å². The largest absolute Gasteiger partial charge is 0.444 e. The van der Waals surface area contributed by atoms with Crippen molar-refractivity contribution in [3.63, 3.8) is 0 Å². The molecule has 118 valence electrons. The van der Waals surface area contributed by atoms with Crippen LogP contribution in [0.2, 0.25) is 0 Å². The Kier molecular flexibility index (Phi) is 5.58. The summed E-state index contributed by atoms with van der Waals surface area (Å²) in [6.45, 7) is 6.44. The Labute approximate surface area is 130 Å². The van der Waals surface area contributed by atoms with E-state index in [1.807, 2.05) is 26.3 Å². The lowest BCUT2D eigenvalue weighted by Gasteiger charge is -2.31. The topological polar surface area (TPSA) is 63.2 Å². The molecule has 0 bridgehead atoms. The van der Waals surface area contributed by atoms with Crippen LogP contribution in [0, 0.1) is 0 Å². The second-order valence-electron chi connectivity index (χ2n) is 6.57. The summed E-state index contributed by atoms with van der Waals surface area (Å²) >= 11 is 1.62. The third kappa shape index (κ3) is 6.01. The molecule has 1 aromatic rings. The summed E-state index contributed by atoms with van der Waals surface area (Å²) in [6, 6.07) is 0.627. The van der Waals surface area contributed by atoms with Crippen LogP contribution in [0.4, 0.5) is 4.79 Å². The van der Waals surface area contributed by atoms with Crippen molar-refractivity contribution in [2.24, 2.45) is 0 Å². The van der Waals surface area contributed by atoms with Gasteiger partial charge in [0.05, 0.1) is 11.2 Å². The summed E-state index contributed by atoms with van der Waals surface area (Å²) in [7, 11) is 0. The molecule has 1 aliphatic carbocycles. The first-order valence-electron chi connectivity index (χ1n) is 7.52. The molecule has 0 aromatic carbocycles. The van der Waals surface area contributed by atoms with E-state index in [-0.39, 0.29) is 12.1 Å². The van der Waals surface area contributed by atoms with Crippen molar-refractivity contribution in [3.8, 4) is 0 Å². The quantitative estimate of drug-likeness (QED) is 0.897. The second-order valence-corrected chi connectivity index (χ2v) is 7.29. The van der Waals surface area contributed by atoms with E-state index in [1.165, 1.54) is 0 Å². The van der Waals surface area contributed by atoms with Gasteiger partial charge in [0.15, 0.2) is 0 Å². The van der Waals surface area contributed by atoms with Crippen molar-refractivity contribution in [1.82, 2.24) is 15.6 Å². The first-order chi connectivity index (χ1) is 9.92. The number of carbonyl (C=O) groups excluding carboxylic acids is 1. The Bertz CT molecular complexity index is 442. The summed E-state index contributed by atoms with van der Waals surface area (Å²) in [5.74, 6) is 0. The molecule has 6 heteroatoms. The molecule has 2 N–H and O–H groups in total. The SMILES string of the molecule is CC(C)(C)OC(=O)NC1CCCC(NCc2cscn2)C1. The fourth-order valence-corrected chi connectivity index (χ4v) is 3.11. The Morgan fingerprint density at radius 3 is 2.86 bits per heavy atom. The van der Waals surface area contributed by atoms with Gasteiger partial charge in [0.1, 0.15) is 5.60 Å². The number of ether oxygens (including phenoxy) is 1. The number of aromatic nitrogens is 1. The van der Waals surface area contributed by atoms with Gasteiger partial charge < -0.3 is 15.4 Å². The predicted molar refractivity (Wildman–Crippen MR) is 84.4 cm³/mol. The molecule has 2 unspecified atom stereocenters. The lowest BCUT2D eigenvalue weighted by Crippen LogP contribution is -2.45. The number of hydrogen-bond donors (Lipinski definition) is 2. The zero-order chi connectivity index (χ0) is 15.3. The fraction of sp³-hybridized carbons (Fsp3) is 0.733. The monoisotopic (exact) mass is 311 g/mol. The zero-order valence-corrected chi connectivity index (χ0v) is 13.8. The van der Waals surface area contributed by atoms with E-state index >= 15 is 0 Å². The molecule has 1 amide bonds. The lowest BCUT2D eigenvalue weighted by atomic mass is 9.91. The minimum absolute atomic E-state index is 0.196. The van der Waals surface area contributed by atoms with Crippen molar-refractivity contribution in [1.29, 1.82) is 0 Å². The van der Waals surface area contributed by atoms with Gasteiger partial charge >= 0.3 is 6.09 Å². The summed E-state index contributed by atoms with van der Waals surface area (Å²) < 4.78 is 5.32. The van der Waals surface area contributed by atoms with Crippen molar-refractivity contribution in [2.45, 2.75) is 70.7 Å². The highest BCUT2D eigenvalue weighted by atomic mass is 32.1. The average Bonchev–Trinajstić information content (AvgIpc) is 2.87. The number of amides is 1. The van der Waals surface area contributed by atoms with Crippen molar-refractivity contribution in [2.75, 3.05) is 0 Å². The molecule has 1 saturated carbocycles. The third-order valence-electron chi connectivity index (χ3n) is 3.45. The molecule has 0 radical (unpaired) electrons. The maximum absolute atomic E-state index is 11.8. The first-order valence-corrected chi connectivity index (χ1v) is 8.46. The molecule has 21 heavy (non-hydrogen) atoms. The molecule has 0 spiro atoms. The Morgan fingerprint density at radius 2 is 2.19 bits per heavy atom. The molecular formula is C15H25N3O2S. The van der Waals surface area contributed by atoms with Crippen LogP contribution in [0.5, 0.6) is 0 Å². The van der Waals surface area contributed by atoms with Gasteiger partial charge in [-0.25, -0.2) is 9.78 Å². The Morgan fingerprint density at radius 1 is 1.43 bits per heavy atom. The molecule has 2 rings (SSSR count).